The van der Waals surface area contributed by atoms with E-state index in [1.54, 1.807) is 30.5 Å². The molecule has 0 spiro atoms. The molecule has 7 nitrogen and oxygen atoms in total. The standard InChI is InChI=1S/C20H22N4O3S/c1-15-21-12-13-24(15)17-10-8-16(9-11-17)14-22-20(25)18-6-4-5-7-19(18)23(2)28(3,26)27/h4-13H,14H2,1-3H3,(H,22,25). The Bertz CT molecular complexity index is 1090. The molecular formula is C20H22N4O3S. The molecule has 1 aromatic heterocycles. The molecule has 0 saturated carbocycles. The molecular weight excluding hydrogens is 376 g/mol. The number of aromatic nitrogens is 2. The number of hydrogen-bond donors (Lipinski definition) is 1. The number of nitrogens with zero attached hydrogens (tertiary/aromatic N) is 3. The van der Waals surface area contributed by atoms with Gasteiger partial charge in [0.1, 0.15) is 5.82 Å². The zero-order valence-corrected chi connectivity index (χ0v) is 16.8. The number of nitrogens with one attached hydrogen (secondary N) is 1. The second kappa shape index (κ2) is 7.85. The third-order valence-electron chi connectivity index (χ3n) is 4.48. The maximum absolute atomic E-state index is 12.6. The maximum Gasteiger partial charge on any atom is 0.253 e. The molecule has 1 amide bonds. The van der Waals surface area contributed by atoms with Crippen LogP contribution < -0.4 is 9.62 Å². The van der Waals surface area contributed by atoms with Gasteiger partial charge in [-0.1, -0.05) is 24.3 Å². The number of sulfonamides is 1. The molecule has 8 heteroatoms. The van der Waals surface area contributed by atoms with Crippen molar-refractivity contribution in [3.8, 4) is 5.69 Å². The van der Waals surface area contributed by atoms with Gasteiger partial charge in [0.15, 0.2) is 0 Å². The molecule has 0 bridgehead atoms. The van der Waals surface area contributed by atoms with Crippen molar-refractivity contribution in [3.05, 3.63) is 77.9 Å². The van der Waals surface area contributed by atoms with E-state index in [0.29, 0.717) is 17.8 Å². The monoisotopic (exact) mass is 398 g/mol. The van der Waals surface area contributed by atoms with Crippen LogP contribution in [0.5, 0.6) is 0 Å². The Kier molecular flexibility index (Phi) is 5.51. The smallest absolute Gasteiger partial charge is 0.253 e. The fraction of sp³-hybridized carbons (Fsp3) is 0.200. The fourth-order valence-electron chi connectivity index (χ4n) is 2.82. The van der Waals surface area contributed by atoms with Crippen molar-refractivity contribution in [2.75, 3.05) is 17.6 Å². The summed E-state index contributed by atoms with van der Waals surface area (Å²) >= 11 is 0. The Morgan fingerprint density at radius 2 is 1.82 bits per heavy atom. The summed E-state index contributed by atoms with van der Waals surface area (Å²) in [6.45, 7) is 2.26. The number of aryl methyl sites for hydroxylation is 1. The molecule has 0 aliphatic rings. The lowest BCUT2D eigenvalue weighted by Crippen LogP contribution is -2.29. The van der Waals surface area contributed by atoms with Crippen molar-refractivity contribution in [3.63, 3.8) is 0 Å². The number of benzene rings is 2. The van der Waals surface area contributed by atoms with Gasteiger partial charge in [-0.15, -0.1) is 0 Å². The summed E-state index contributed by atoms with van der Waals surface area (Å²) in [4.78, 5) is 16.8. The van der Waals surface area contributed by atoms with Gasteiger partial charge in [0, 0.05) is 31.7 Å². The molecule has 0 radical (unpaired) electrons. The molecule has 0 aliphatic heterocycles. The van der Waals surface area contributed by atoms with Crippen molar-refractivity contribution in [2.45, 2.75) is 13.5 Å². The Morgan fingerprint density at radius 1 is 1.14 bits per heavy atom. The van der Waals surface area contributed by atoms with E-state index < -0.39 is 10.0 Å². The number of carbonyl (C=O) groups is 1. The number of anilines is 1. The second-order valence-electron chi connectivity index (χ2n) is 6.44. The highest BCUT2D eigenvalue weighted by Gasteiger charge is 2.19. The summed E-state index contributed by atoms with van der Waals surface area (Å²) in [6.07, 6.45) is 4.74. The van der Waals surface area contributed by atoms with Gasteiger partial charge in [-0.25, -0.2) is 13.4 Å². The van der Waals surface area contributed by atoms with Crippen molar-refractivity contribution in [1.29, 1.82) is 0 Å². The quantitative estimate of drug-likeness (QED) is 0.691. The second-order valence-corrected chi connectivity index (χ2v) is 8.45. The molecule has 0 fully saturated rings. The first-order valence-electron chi connectivity index (χ1n) is 8.68. The number of rotatable bonds is 6. The lowest BCUT2D eigenvalue weighted by atomic mass is 10.1. The van der Waals surface area contributed by atoms with E-state index in [4.69, 9.17) is 0 Å². The van der Waals surface area contributed by atoms with Gasteiger partial charge in [-0.3, -0.25) is 9.10 Å². The topological polar surface area (TPSA) is 84.3 Å². The highest BCUT2D eigenvalue weighted by molar-refractivity contribution is 7.92. The Balaban J connectivity index is 1.72. The van der Waals surface area contributed by atoms with E-state index >= 15 is 0 Å². The van der Waals surface area contributed by atoms with Crippen LogP contribution in [0.3, 0.4) is 0 Å². The van der Waals surface area contributed by atoms with Crippen LogP contribution in [-0.2, 0) is 16.6 Å². The molecule has 0 unspecified atom stereocenters. The van der Waals surface area contributed by atoms with Crippen molar-refractivity contribution in [1.82, 2.24) is 14.9 Å². The summed E-state index contributed by atoms with van der Waals surface area (Å²) < 4.78 is 26.7. The van der Waals surface area contributed by atoms with Gasteiger partial charge in [0.05, 0.1) is 17.5 Å². The van der Waals surface area contributed by atoms with E-state index in [0.717, 1.165) is 27.6 Å². The first-order chi connectivity index (χ1) is 13.3. The van der Waals surface area contributed by atoms with Crippen LogP contribution in [0, 0.1) is 6.92 Å². The van der Waals surface area contributed by atoms with Crippen LogP contribution in [0.15, 0.2) is 60.9 Å². The summed E-state index contributed by atoms with van der Waals surface area (Å²) in [5.41, 5.74) is 2.57. The van der Waals surface area contributed by atoms with E-state index in [9.17, 15) is 13.2 Å². The molecule has 3 aromatic rings. The fourth-order valence-corrected chi connectivity index (χ4v) is 3.34. The van der Waals surface area contributed by atoms with Gasteiger partial charge in [-0.2, -0.15) is 0 Å². The number of carbonyl (C=O) groups excluding carboxylic acids is 1. The Morgan fingerprint density at radius 3 is 2.43 bits per heavy atom. The van der Waals surface area contributed by atoms with Gasteiger partial charge in [0.25, 0.3) is 5.91 Å². The van der Waals surface area contributed by atoms with E-state index in [2.05, 4.69) is 10.3 Å². The van der Waals surface area contributed by atoms with Gasteiger partial charge in [0.2, 0.25) is 10.0 Å². The van der Waals surface area contributed by atoms with Gasteiger partial charge < -0.3 is 9.88 Å². The lowest BCUT2D eigenvalue weighted by molar-refractivity contribution is 0.0951. The molecule has 146 valence electrons. The van der Waals surface area contributed by atoms with Crippen LogP contribution in [0.2, 0.25) is 0 Å². The zero-order valence-electron chi connectivity index (χ0n) is 16.0. The summed E-state index contributed by atoms with van der Waals surface area (Å²) in [6, 6.07) is 14.4. The van der Waals surface area contributed by atoms with Crippen LogP contribution in [0.1, 0.15) is 21.7 Å². The van der Waals surface area contributed by atoms with Crippen LogP contribution in [0.25, 0.3) is 5.69 Å². The predicted molar refractivity (Wildman–Crippen MR) is 109 cm³/mol. The molecule has 0 saturated heterocycles. The summed E-state index contributed by atoms with van der Waals surface area (Å²) in [5, 5.41) is 2.85. The third kappa shape index (κ3) is 4.23. The largest absolute Gasteiger partial charge is 0.348 e. The van der Waals surface area contributed by atoms with Gasteiger partial charge >= 0.3 is 0 Å². The van der Waals surface area contributed by atoms with Crippen LogP contribution in [0.4, 0.5) is 5.69 Å². The number of imidazole rings is 1. The molecule has 2 aromatic carbocycles. The first kappa shape index (κ1) is 19.6. The minimum atomic E-state index is -3.46. The zero-order chi connectivity index (χ0) is 20.3. The molecule has 28 heavy (non-hydrogen) atoms. The van der Waals surface area contributed by atoms with E-state index in [-0.39, 0.29) is 5.91 Å². The normalized spacial score (nSPS) is 11.2. The predicted octanol–water partition coefficient (Wildman–Crippen LogP) is 2.51. The van der Waals surface area contributed by atoms with Crippen LogP contribution >= 0.6 is 0 Å². The number of hydrogen-bond acceptors (Lipinski definition) is 4. The highest BCUT2D eigenvalue weighted by atomic mass is 32.2. The van der Waals surface area contributed by atoms with Crippen molar-refractivity contribution in [2.24, 2.45) is 0 Å². The highest BCUT2D eigenvalue weighted by Crippen LogP contribution is 2.21. The van der Waals surface area contributed by atoms with Crippen molar-refractivity contribution < 1.29 is 13.2 Å². The first-order valence-corrected chi connectivity index (χ1v) is 10.5. The van der Waals surface area contributed by atoms with E-state index in [1.807, 2.05) is 42.0 Å². The minimum Gasteiger partial charge on any atom is -0.348 e. The Hall–Kier alpha value is -3.13. The molecule has 0 atom stereocenters. The van der Waals surface area contributed by atoms with Crippen LogP contribution in [-0.4, -0.2) is 37.2 Å². The SMILES string of the molecule is Cc1nccn1-c1ccc(CNC(=O)c2ccccc2N(C)S(C)(=O)=O)cc1. The lowest BCUT2D eigenvalue weighted by Gasteiger charge is -2.19. The molecule has 3 rings (SSSR count). The minimum absolute atomic E-state index is 0.307. The third-order valence-corrected chi connectivity index (χ3v) is 5.67. The Labute approximate surface area is 164 Å². The molecule has 0 aliphatic carbocycles. The maximum atomic E-state index is 12.6. The molecule has 1 heterocycles. The number of amides is 1. The average Bonchev–Trinajstić information content (AvgIpc) is 3.11. The van der Waals surface area contributed by atoms with E-state index in [1.165, 1.54) is 7.05 Å². The summed E-state index contributed by atoms with van der Waals surface area (Å²) in [7, 11) is -2.03. The van der Waals surface area contributed by atoms with Crippen molar-refractivity contribution >= 4 is 21.6 Å². The van der Waals surface area contributed by atoms with Gasteiger partial charge in [-0.05, 0) is 36.8 Å². The average molecular weight is 398 g/mol. The number of para-hydroxylation sites is 1. The summed E-state index contributed by atoms with van der Waals surface area (Å²) in [5.74, 6) is 0.563. The molecule has 1 N–H and O–H groups in total.